The van der Waals surface area contributed by atoms with E-state index >= 15 is 0 Å². The van der Waals surface area contributed by atoms with E-state index in [1.807, 2.05) is 24.3 Å². The van der Waals surface area contributed by atoms with E-state index in [9.17, 15) is 14.7 Å². The average Bonchev–Trinajstić information content (AvgIpc) is 2.67. The first-order valence-electron chi connectivity index (χ1n) is 8.99. The van der Waals surface area contributed by atoms with Gasteiger partial charge in [0.15, 0.2) is 6.10 Å². The molecule has 7 heteroatoms. The molecule has 0 aliphatic rings. The van der Waals surface area contributed by atoms with Crippen LogP contribution in [0, 0.1) is 0 Å². The third-order valence-corrected chi connectivity index (χ3v) is 3.94. The van der Waals surface area contributed by atoms with Crippen molar-refractivity contribution in [2.75, 3.05) is 7.11 Å². The first-order chi connectivity index (χ1) is 13.4. The van der Waals surface area contributed by atoms with Crippen LogP contribution in [0.1, 0.15) is 25.0 Å². The lowest BCUT2D eigenvalue weighted by Gasteiger charge is -2.16. The van der Waals surface area contributed by atoms with E-state index < -0.39 is 18.2 Å². The minimum atomic E-state index is -0.985. The number of carbonyl (C=O) groups is 2. The number of benzene rings is 2. The van der Waals surface area contributed by atoms with Gasteiger partial charge in [-0.15, -0.1) is 0 Å². The van der Waals surface area contributed by atoms with Crippen LogP contribution >= 0.6 is 0 Å². The van der Waals surface area contributed by atoms with Crippen LogP contribution in [0.3, 0.4) is 0 Å². The molecule has 2 rings (SSSR count). The number of quaternary nitrogens is 1. The number of amides is 1. The van der Waals surface area contributed by atoms with Gasteiger partial charge in [0.2, 0.25) is 0 Å². The number of ether oxygens (including phenoxy) is 3. The van der Waals surface area contributed by atoms with Gasteiger partial charge in [-0.05, 0) is 37.1 Å². The Morgan fingerprint density at radius 2 is 1.61 bits per heavy atom. The van der Waals surface area contributed by atoms with Gasteiger partial charge in [-0.2, -0.15) is 4.79 Å². The molecule has 0 spiro atoms. The van der Waals surface area contributed by atoms with Crippen LogP contribution in [0.4, 0.5) is 10.5 Å². The second kappa shape index (κ2) is 10.4. The molecule has 0 fully saturated rings. The second-order valence-electron chi connectivity index (χ2n) is 6.56. The van der Waals surface area contributed by atoms with Gasteiger partial charge in [0.1, 0.15) is 18.0 Å². The van der Waals surface area contributed by atoms with Crippen LogP contribution in [-0.4, -0.2) is 36.5 Å². The third-order valence-electron chi connectivity index (χ3n) is 3.94. The molecule has 28 heavy (non-hydrogen) atoms. The van der Waals surface area contributed by atoms with E-state index in [1.165, 1.54) is 5.32 Å². The van der Waals surface area contributed by atoms with Crippen LogP contribution in [0.25, 0.3) is 0 Å². The number of carboxylic acids is 1. The first-order valence-corrected chi connectivity index (χ1v) is 8.99. The summed E-state index contributed by atoms with van der Waals surface area (Å²) in [6.45, 7) is 3.74. The molecule has 0 aliphatic heterocycles. The zero-order chi connectivity index (χ0) is 20.5. The van der Waals surface area contributed by atoms with Gasteiger partial charge in [0, 0.05) is 18.6 Å². The zero-order valence-electron chi connectivity index (χ0n) is 16.3. The van der Waals surface area contributed by atoms with Gasteiger partial charge in [-0.1, -0.05) is 24.3 Å². The summed E-state index contributed by atoms with van der Waals surface area (Å²) in [7, 11) is 1.58. The maximum atomic E-state index is 11.9. The van der Waals surface area contributed by atoms with Crippen molar-refractivity contribution in [2.24, 2.45) is 0 Å². The molecule has 2 aromatic rings. The Morgan fingerprint density at radius 1 is 1.00 bits per heavy atom. The molecule has 0 radical (unpaired) electrons. The molecule has 2 aromatic carbocycles. The highest BCUT2D eigenvalue weighted by Gasteiger charge is 2.20. The predicted octanol–water partition coefficient (Wildman–Crippen LogP) is 2.65. The summed E-state index contributed by atoms with van der Waals surface area (Å²) in [6.07, 6.45) is -1.21. The van der Waals surface area contributed by atoms with Crippen molar-refractivity contribution < 1.29 is 34.2 Å². The van der Waals surface area contributed by atoms with Crippen LogP contribution in [0.5, 0.6) is 5.75 Å². The van der Waals surface area contributed by atoms with Gasteiger partial charge >= 0.3 is 12.1 Å². The molecule has 0 heterocycles. The lowest BCUT2D eigenvalue weighted by atomic mass is 10.1. The van der Waals surface area contributed by atoms with Crippen molar-refractivity contribution in [1.82, 2.24) is 0 Å². The highest BCUT2D eigenvalue weighted by Crippen LogP contribution is 2.13. The summed E-state index contributed by atoms with van der Waals surface area (Å²) in [5.41, 5.74) is 2.39. The minimum Gasteiger partial charge on any atom is -0.497 e. The number of nitrogens with two attached hydrogens (primary N) is 1. The Labute approximate surface area is 164 Å². The molecule has 0 saturated heterocycles. The SMILES string of the molecule is COc1ccc([NH2+]C(=O)OCc2ccc(CC(OC(C)C)C(=O)O)cc2)cc1. The van der Waals surface area contributed by atoms with Crippen molar-refractivity contribution in [3.8, 4) is 5.75 Å². The third kappa shape index (κ3) is 7.02. The van der Waals surface area contributed by atoms with Gasteiger partial charge in [-0.25, -0.2) is 10.1 Å². The van der Waals surface area contributed by atoms with Gasteiger partial charge in [0.25, 0.3) is 0 Å². The number of rotatable bonds is 9. The van der Waals surface area contributed by atoms with Gasteiger partial charge < -0.3 is 19.3 Å². The average molecular weight is 388 g/mol. The Bertz CT molecular complexity index is 770. The Kier molecular flexibility index (Phi) is 7.98. The minimum absolute atomic E-state index is 0.136. The molecular formula is C21H26NO6+. The fourth-order valence-electron chi connectivity index (χ4n) is 2.54. The molecule has 0 aromatic heterocycles. The Balaban J connectivity index is 1.84. The molecular weight excluding hydrogens is 362 g/mol. The largest absolute Gasteiger partial charge is 0.518 e. The molecule has 3 N–H and O–H groups in total. The number of carboxylic acid groups (broad SMARTS) is 1. The highest BCUT2D eigenvalue weighted by atomic mass is 16.5. The van der Waals surface area contributed by atoms with Crippen LogP contribution in [0.15, 0.2) is 48.5 Å². The summed E-state index contributed by atoms with van der Waals surface area (Å²) in [5.74, 6) is -0.268. The van der Waals surface area contributed by atoms with Crippen molar-refractivity contribution in [3.63, 3.8) is 0 Å². The number of hydrogen-bond donors (Lipinski definition) is 2. The quantitative estimate of drug-likeness (QED) is 0.641. The fourth-order valence-corrected chi connectivity index (χ4v) is 2.54. The normalized spacial score (nSPS) is 11.9. The number of methoxy groups -OCH3 is 1. The first kappa shape index (κ1) is 21.4. The van der Waals surface area contributed by atoms with Crippen LogP contribution < -0.4 is 10.1 Å². The monoisotopic (exact) mass is 388 g/mol. The standard InChI is InChI=1S/C21H25NO6/c1-14(2)28-19(20(23)24)12-15-4-6-16(7-5-15)13-27-21(25)22-17-8-10-18(26-3)11-9-17/h4-11,14,19H,12-13H2,1-3H3,(H,22,25)(H,23,24)/p+1. The maximum Gasteiger partial charge on any atom is 0.518 e. The van der Waals surface area contributed by atoms with Crippen molar-refractivity contribution in [2.45, 2.75) is 39.1 Å². The molecule has 0 aliphatic carbocycles. The lowest BCUT2D eigenvalue weighted by molar-refractivity contribution is -0.483. The van der Waals surface area contributed by atoms with E-state index in [1.54, 1.807) is 45.2 Å². The fraction of sp³-hybridized carbons (Fsp3) is 0.333. The molecule has 0 bridgehead atoms. The van der Waals surface area contributed by atoms with Crippen molar-refractivity contribution in [1.29, 1.82) is 0 Å². The van der Waals surface area contributed by atoms with E-state index in [-0.39, 0.29) is 19.1 Å². The van der Waals surface area contributed by atoms with E-state index in [0.717, 1.165) is 22.6 Å². The second-order valence-corrected chi connectivity index (χ2v) is 6.56. The summed E-state index contributed by atoms with van der Waals surface area (Å²) in [6, 6.07) is 14.3. The number of primary amides is 1. The molecule has 1 unspecified atom stereocenters. The van der Waals surface area contributed by atoms with E-state index in [4.69, 9.17) is 14.2 Å². The summed E-state index contributed by atoms with van der Waals surface area (Å²) in [5, 5.41) is 10.7. The Morgan fingerprint density at radius 3 is 2.14 bits per heavy atom. The zero-order valence-corrected chi connectivity index (χ0v) is 16.3. The topological polar surface area (TPSA) is 98.7 Å². The van der Waals surface area contributed by atoms with E-state index in [2.05, 4.69) is 0 Å². The highest BCUT2D eigenvalue weighted by molar-refractivity contribution is 5.72. The molecule has 7 nitrogen and oxygen atoms in total. The summed E-state index contributed by atoms with van der Waals surface area (Å²) >= 11 is 0. The Hall–Kier alpha value is -2.90. The smallest absolute Gasteiger partial charge is 0.497 e. The number of carbonyl (C=O) groups excluding carboxylic acids is 1. The predicted molar refractivity (Wildman–Crippen MR) is 103 cm³/mol. The lowest BCUT2D eigenvalue weighted by Crippen LogP contribution is -2.82. The number of hydrogen-bond acceptors (Lipinski definition) is 5. The summed E-state index contributed by atoms with van der Waals surface area (Å²) in [4.78, 5) is 23.2. The van der Waals surface area contributed by atoms with Crippen molar-refractivity contribution in [3.05, 3.63) is 59.7 Å². The maximum absolute atomic E-state index is 11.9. The summed E-state index contributed by atoms with van der Waals surface area (Å²) < 4.78 is 15.7. The number of aliphatic carboxylic acids is 1. The van der Waals surface area contributed by atoms with Crippen LogP contribution in [0.2, 0.25) is 0 Å². The van der Waals surface area contributed by atoms with Gasteiger partial charge in [0.05, 0.1) is 13.2 Å². The van der Waals surface area contributed by atoms with E-state index in [0.29, 0.717) is 0 Å². The van der Waals surface area contributed by atoms with Crippen LogP contribution in [-0.2, 0) is 27.3 Å². The van der Waals surface area contributed by atoms with Crippen molar-refractivity contribution >= 4 is 17.7 Å². The molecule has 150 valence electrons. The molecule has 1 amide bonds. The molecule has 0 saturated carbocycles. The van der Waals surface area contributed by atoms with Gasteiger partial charge in [-0.3, -0.25) is 0 Å². The molecule has 1 atom stereocenters.